The van der Waals surface area contributed by atoms with Crippen LogP contribution in [0.2, 0.25) is 0 Å². The summed E-state index contributed by atoms with van der Waals surface area (Å²) in [4.78, 5) is 7.65. The van der Waals surface area contributed by atoms with E-state index in [1.807, 2.05) is 12.1 Å². The minimum Gasteiger partial charge on any atom is -0.370 e. The molecule has 0 aliphatic carbocycles. The van der Waals surface area contributed by atoms with Gasteiger partial charge in [-0.05, 0) is 37.2 Å². The third kappa shape index (κ3) is 3.20. The van der Waals surface area contributed by atoms with Crippen LogP contribution in [0, 0.1) is 11.3 Å². The number of nitriles is 1. The number of rotatable bonds is 3. The summed E-state index contributed by atoms with van der Waals surface area (Å²) < 4.78 is 0. The molecule has 1 aromatic rings. The number of anilines is 1. The van der Waals surface area contributed by atoms with Crippen molar-refractivity contribution in [1.29, 1.82) is 5.26 Å². The summed E-state index contributed by atoms with van der Waals surface area (Å²) in [7, 11) is 0. The Morgan fingerprint density at radius 2 is 1.81 bits per heavy atom. The van der Waals surface area contributed by atoms with Crippen molar-refractivity contribution in [3.63, 3.8) is 0 Å². The Labute approximate surface area is 127 Å². The fourth-order valence-electron chi connectivity index (χ4n) is 3.47. The number of likely N-dealkylation sites (N-methyl/N-ethyl adjacent to an activating group) is 1. The SMILES string of the molecule is CCN1CCN(C2CCN(c3ccc(C#N)cc3)C2)CC1. The lowest BCUT2D eigenvalue weighted by atomic mass is 10.2. The van der Waals surface area contributed by atoms with E-state index in [0.717, 1.165) is 18.7 Å². The van der Waals surface area contributed by atoms with Gasteiger partial charge >= 0.3 is 0 Å². The van der Waals surface area contributed by atoms with Gasteiger partial charge in [-0.2, -0.15) is 5.26 Å². The summed E-state index contributed by atoms with van der Waals surface area (Å²) in [5.41, 5.74) is 1.99. The predicted octanol–water partition coefficient (Wildman–Crippen LogP) is 1.77. The molecule has 0 saturated carbocycles. The average molecular weight is 284 g/mol. The predicted molar refractivity (Wildman–Crippen MR) is 85.5 cm³/mol. The Kier molecular flexibility index (Phi) is 4.42. The van der Waals surface area contributed by atoms with E-state index in [1.165, 1.54) is 44.8 Å². The molecule has 0 amide bonds. The summed E-state index contributed by atoms with van der Waals surface area (Å²) in [6.07, 6.45) is 1.26. The first kappa shape index (κ1) is 14.4. The summed E-state index contributed by atoms with van der Waals surface area (Å²) in [5, 5.41) is 8.87. The van der Waals surface area contributed by atoms with E-state index in [4.69, 9.17) is 5.26 Å². The van der Waals surface area contributed by atoms with E-state index < -0.39 is 0 Å². The number of hydrogen-bond donors (Lipinski definition) is 0. The van der Waals surface area contributed by atoms with Crippen molar-refractivity contribution in [2.24, 2.45) is 0 Å². The Balaban J connectivity index is 1.56. The highest BCUT2D eigenvalue weighted by molar-refractivity contribution is 5.50. The molecule has 112 valence electrons. The Morgan fingerprint density at radius 1 is 1.10 bits per heavy atom. The third-order valence-electron chi connectivity index (χ3n) is 4.90. The van der Waals surface area contributed by atoms with Gasteiger partial charge in [0.25, 0.3) is 0 Å². The fourth-order valence-corrected chi connectivity index (χ4v) is 3.47. The summed E-state index contributed by atoms with van der Waals surface area (Å²) in [5.74, 6) is 0. The first-order valence-electron chi connectivity index (χ1n) is 8.01. The molecule has 0 aromatic heterocycles. The van der Waals surface area contributed by atoms with E-state index in [-0.39, 0.29) is 0 Å². The molecule has 1 aromatic carbocycles. The minimum atomic E-state index is 0.694. The Morgan fingerprint density at radius 3 is 2.43 bits per heavy atom. The molecule has 0 bridgehead atoms. The van der Waals surface area contributed by atoms with Gasteiger partial charge < -0.3 is 9.80 Å². The first-order valence-corrected chi connectivity index (χ1v) is 8.01. The van der Waals surface area contributed by atoms with Crippen molar-refractivity contribution < 1.29 is 0 Å². The second-order valence-corrected chi connectivity index (χ2v) is 6.02. The second-order valence-electron chi connectivity index (χ2n) is 6.02. The highest BCUT2D eigenvalue weighted by Crippen LogP contribution is 2.24. The van der Waals surface area contributed by atoms with Crippen LogP contribution in [0.5, 0.6) is 0 Å². The lowest BCUT2D eigenvalue weighted by Crippen LogP contribution is -2.50. The zero-order valence-electron chi connectivity index (χ0n) is 12.8. The molecule has 2 aliphatic heterocycles. The summed E-state index contributed by atoms with van der Waals surface area (Å²) >= 11 is 0. The van der Waals surface area contributed by atoms with Crippen LogP contribution in [0.15, 0.2) is 24.3 Å². The zero-order valence-corrected chi connectivity index (χ0v) is 12.8. The molecular weight excluding hydrogens is 260 g/mol. The van der Waals surface area contributed by atoms with Crippen molar-refractivity contribution in [2.45, 2.75) is 19.4 Å². The molecule has 1 atom stereocenters. The smallest absolute Gasteiger partial charge is 0.0991 e. The van der Waals surface area contributed by atoms with E-state index in [2.05, 4.69) is 39.8 Å². The Hall–Kier alpha value is -1.57. The van der Waals surface area contributed by atoms with Crippen LogP contribution >= 0.6 is 0 Å². The van der Waals surface area contributed by atoms with Crippen molar-refractivity contribution in [3.05, 3.63) is 29.8 Å². The zero-order chi connectivity index (χ0) is 14.7. The molecule has 3 rings (SSSR count). The van der Waals surface area contributed by atoms with Gasteiger partial charge in [-0.1, -0.05) is 6.92 Å². The molecule has 1 unspecified atom stereocenters. The third-order valence-corrected chi connectivity index (χ3v) is 4.90. The van der Waals surface area contributed by atoms with Gasteiger partial charge in [-0.25, -0.2) is 0 Å². The van der Waals surface area contributed by atoms with E-state index in [9.17, 15) is 0 Å². The van der Waals surface area contributed by atoms with Gasteiger partial charge in [0.05, 0.1) is 11.6 Å². The molecular formula is C17H24N4. The van der Waals surface area contributed by atoms with Crippen molar-refractivity contribution >= 4 is 5.69 Å². The molecule has 21 heavy (non-hydrogen) atoms. The maximum absolute atomic E-state index is 8.87. The summed E-state index contributed by atoms with van der Waals surface area (Å²) in [6, 6.07) is 10.9. The quantitative estimate of drug-likeness (QED) is 0.847. The van der Waals surface area contributed by atoms with Gasteiger partial charge in [0, 0.05) is 51.0 Å². The van der Waals surface area contributed by atoms with Crippen molar-refractivity contribution in [1.82, 2.24) is 9.80 Å². The van der Waals surface area contributed by atoms with Gasteiger partial charge in [-0.15, -0.1) is 0 Å². The van der Waals surface area contributed by atoms with Crippen LogP contribution in [0.1, 0.15) is 18.9 Å². The maximum Gasteiger partial charge on any atom is 0.0991 e. The minimum absolute atomic E-state index is 0.694. The van der Waals surface area contributed by atoms with Gasteiger partial charge in [-0.3, -0.25) is 4.90 Å². The Bertz CT molecular complexity index is 497. The fraction of sp³-hybridized carbons (Fsp3) is 0.588. The van der Waals surface area contributed by atoms with Gasteiger partial charge in [0.1, 0.15) is 0 Å². The largest absolute Gasteiger partial charge is 0.370 e. The van der Waals surface area contributed by atoms with E-state index in [0.29, 0.717) is 6.04 Å². The van der Waals surface area contributed by atoms with E-state index in [1.54, 1.807) is 0 Å². The molecule has 4 nitrogen and oxygen atoms in total. The first-order chi connectivity index (χ1) is 10.3. The van der Waals surface area contributed by atoms with Crippen LogP contribution in [0.4, 0.5) is 5.69 Å². The maximum atomic E-state index is 8.87. The number of hydrogen-bond acceptors (Lipinski definition) is 4. The molecule has 4 heteroatoms. The molecule has 0 radical (unpaired) electrons. The number of nitrogens with zero attached hydrogens (tertiary/aromatic N) is 4. The van der Waals surface area contributed by atoms with Crippen LogP contribution < -0.4 is 4.90 Å². The van der Waals surface area contributed by atoms with Gasteiger partial charge in [0.2, 0.25) is 0 Å². The highest BCUT2D eigenvalue weighted by atomic mass is 15.3. The topological polar surface area (TPSA) is 33.5 Å². The molecule has 0 N–H and O–H groups in total. The van der Waals surface area contributed by atoms with Crippen LogP contribution in [-0.2, 0) is 0 Å². The summed E-state index contributed by atoms with van der Waals surface area (Å²) in [6.45, 7) is 10.5. The van der Waals surface area contributed by atoms with Crippen LogP contribution in [0.3, 0.4) is 0 Å². The average Bonchev–Trinajstić information content (AvgIpc) is 3.05. The molecule has 0 spiro atoms. The molecule has 2 fully saturated rings. The van der Waals surface area contributed by atoms with Crippen LogP contribution in [-0.4, -0.2) is 61.7 Å². The normalized spacial score (nSPS) is 24.2. The monoisotopic (exact) mass is 284 g/mol. The number of piperazine rings is 1. The molecule has 2 heterocycles. The second kappa shape index (κ2) is 6.46. The lowest BCUT2D eigenvalue weighted by molar-refractivity contribution is 0.107. The molecule has 2 aliphatic rings. The lowest BCUT2D eigenvalue weighted by Gasteiger charge is -2.37. The van der Waals surface area contributed by atoms with Crippen molar-refractivity contribution in [2.75, 3.05) is 50.7 Å². The van der Waals surface area contributed by atoms with Crippen LogP contribution in [0.25, 0.3) is 0 Å². The van der Waals surface area contributed by atoms with E-state index >= 15 is 0 Å². The highest BCUT2D eigenvalue weighted by Gasteiger charge is 2.29. The standard InChI is InChI=1S/C17H24N4/c1-2-19-9-11-20(12-10-19)17-7-8-21(14-17)16-5-3-15(13-18)4-6-16/h3-6,17H,2,7-12,14H2,1H3. The van der Waals surface area contributed by atoms with Gasteiger partial charge in [0.15, 0.2) is 0 Å². The van der Waals surface area contributed by atoms with Crippen molar-refractivity contribution in [3.8, 4) is 6.07 Å². The number of benzene rings is 1. The molecule has 2 saturated heterocycles.